The zero-order chi connectivity index (χ0) is 13.7. The number of carbonyl (C=O) groups excluding carboxylic acids is 2. The van der Waals surface area contributed by atoms with Crippen LogP contribution in [0.15, 0.2) is 23.6 Å². The second-order valence-corrected chi connectivity index (χ2v) is 6.31. The van der Waals surface area contributed by atoms with E-state index in [1.807, 2.05) is 23.6 Å². The van der Waals surface area contributed by atoms with Crippen LogP contribution < -0.4 is 0 Å². The van der Waals surface area contributed by atoms with E-state index in [9.17, 15) is 9.59 Å². The number of esters is 1. The lowest BCUT2D eigenvalue weighted by molar-refractivity contribution is -0.140. The molecule has 1 amide bonds. The van der Waals surface area contributed by atoms with E-state index >= 15 is 0 Å². The summed E-state index contributed by atoms with van der Waals surface area (Å²) in [6.45, 7) is 1.09. The lowest BCUT2D eigenvalue weighted by Crippen LogP contribution is -2.44. The largest absolute Gasteiger partial charge is 0.468 e. The molecule has 1 aromatic heterocycles. The fourth-order valence-electron chi connectivity index (χ4n) is 1.77. The van der Waals surface area contributed by atoms with Crippen LogP contribution in [-0.4, -0.2) is 48.0 Å². The first kappa shape index (κ1) is 14.1. The molecular formula is C13H15NO3S2. The summed E-state index contributed by atoms with van der Waals surface area (Å²) in [5, 5.41) is 1.70. The first-order valence-electron chi connectivity index (χ1n) is 5.90. The van der Waals surface area contributed by atoms with Crippen molar-refractivity contribution in [3.8, 4) is 0 Å². The Morgan fingerprint density at radius 1 is 1.53 bits per heavy atom. The van der Waals surface area contributed by atoms with Crippen molar-refractivity contribution >= 4 is 41.1 Å². The number of carbonyl (C=O) groups is 2. The molecule has 1 aromatic rings. The van der Waals surface area contributed by atoms with Gasteiger partial charge in [-0.3, -0.25) is 9.59 Å². The molecule has 1 aliphatic heterocycles. The van der Waals surface area contributed by atoms with Crippen molar-refractivity contribution in [3.05, 3.63) is 28.5 Å². The Labute approximate surface area is 120 Å². The summed E-state index contributed by atoms with van der Waals surface area (Å²) in [4.78, 5) is 26.3. The normalized spacial score (nSPS) is 19.6. The van der Waals surface area contributed by atoms with Crippen molar-refractivity contribution in [2.24, 2.45) is 0 Å². The van der Waals surface area contributed by atoms with Crippen molar-refractivity contribution in [2.75, 3.05) is 26.0 Å². The van der Waals surface area contributed by atoms with E-state index in [2.05, 4.69) is 0 Å². The molecule has 0 saturated carbocycles. The highest BCUT2D eigenvalue weighted by Crippen LogP contribution is 2.20. The molecule has 0 bridgehead atoms. The minimum Gasteiger partial charge on any atom is -0.468 e. The molecular weight excluding hydrogens is 282 g/mol. The molecule has 6 heteroatoms. The molecule has 102 valence electrons. The number of hydrogen-bond acceptors (Lipinski definition) is 5. The molecule has 1 atom stereocenters. The van der Waals surface area contributed by atoms with E-state index in [0.717, 1.165) is 10.6 Å². The number of nitrogens with zero attached hydrogens (tertiary/aromatic N) is 1. The molecule has 0 N–H and O–H groups in total. The number of amides is 1. The van der Waals surface area contributed by atoms with E-state index in [1.54, 1.807) is 34.1 Å². The van der Waals surface area contributed by atoms with Crippen molar-refractivity contribution < 1.29 is 14.3 Å². The van der Waals surface area contributed by atoms with E-state index in [0.29, 0.717) is 13.1 Å². The lowest BCUT2D eigenvalue weighted by Gasteiger charge is -2.30. The predicted molar refractivity (Wildman–Crippen MR) is 78.2 cm³/mol. The van der Waals surface area contributed by atoms with Gasteiger partial charge >= 0.3 is 5.97 Å². The maximum Gasteiger partial charge on any atom is 0.320 e. The van der Waals surface area contributed by atoms with E-state index < -0.39 is 0 Å². The molecule has 19 heavy (non-hydrogen) atoms. The van der Waals surface area contributed by atoms with Crippen LogP contribution in [0.4, 0.5) is 0 Å². The number of methoxy groups -OCH3 is 1. The van der Waals surface area contributed by atoms with Gasteiger partial charge in [-0.2, -0.15) is 0 Å². The van der Waals surface area contributed by atoms with Crippen LogP contribution in [0.2, 0.25) is 0 Å². The highest BCUT2D eigenvalue weighted by molar-refractivity contribution is 8.00. The number of rotatable bonds is 3. The molecule has 1 aliphatic rings. The van der Waals surface area contributed by atoms with Gasteiger partial charge in [0.25, 0.3) is 0 Å². The van der Waals surface area contributed by atoms with E-state index in [4.69, 9.17) is 4.74 Å². The fraction of sp³-hybridized carbons (Fsp3) is 0.385. The molecule has 0 aliphatic carbocycles. The van der Waals surface area contributed by atoms with Gasteiger partial charge in [0.2, 0.25) is 5.91 Å². The highest BCUT2D eigenvalue weighted by atomic mass is 32.2. The summed E-state index contributed by atoms with van der Waals surface area (Å²) in [5.41, 5.74) is 0. The molecule has 0 unspecified atom stereocenters. The number of hydrogen-bond donors (Lipinski definition) is 0. The third kappa shape index (κ3) is 3.84. The summed E-state index contributed by atoms with van der Waals surface area (Å²) < 4.78 is 4.72. The third-order valence-corrected chi connectivity index (χ3v) is 4.78. The number of thioether (sulfide) groups is 1. The zero-order valence-electron chi connectivity index (χ0n) is 10.6. The molecule has 0 radical (unpaired) electrons. The van der Waals surface area contributed by atoms with Crippen molar-refractivity contribution in [3.63, 3.8) is 0 Å². The van der Waals surface area contributed by atoms with Crippen LogP contribution in [0.5, 0.6) is 0 Å². The topological polar surface area (TPSA) is 46.6 Å². The van der Waals surface area contributed by atoms with Gasteiger partial charge in [-0.25, -0.2) is 0 Å². The Kier molecular flexibility index (Phi) is 5.04. The van der Waals surface area contributed by atoms with Gasteiger partial charge in [0, 0.05) is 29.8 Å². The van der Waals surface area contributed by atoms with Crippen LogP contribution in [0.1, 0.15) is 4.88 Å². The number of ether oxygens (including phenoxy) is 1. The lowest BCUT2D eigenvalue weighted by atomic mass is 10.3. The second-order valence-electron chi connectivity index (χ2n) is 4.02. The van der Waals surface area contributed by atoms with Gasteiger partial charge in [0.05, 0.1) is 7.11 Å². The summed E-state index contributed by atoms with van der Waals surface area (Å²) in [5.74, 6) is 0.450. The van der Waals surface area contributed by atoms with Gasteiger partial charge in [0.15, 0.2) is 0 Å². The van der Waals surface area contributed by atoms with Crippen LogP contribution >= 0.6 is 23.1 Å². The van der Waals surface area contributed by atoms with E-state index in [-0.39, 0.29) is 17.1 Å². The first-order valence-corrected chi connectivity index (χ1v) is 7.83. The Hall–Kier alpha value is -1.27. The Bertz CT molecular complexity index is 470. The molecule has 1 fully saturated rings. The minimum atomic E-state index is -0.266. The van der Waals surface area contributed by atoms with Crippen LogP contribution in [-0.2, 0) is 14.3 Å². The Morgan fingerprint density at radius 2 is 2.37 bits per heavy atom. The van der Waals surface area contributed by atoms with Crippen LogP contribution in [0.25, 0.3) is 6.08 Å². The number of thiophene rings is 1. The van der Waals surface area contributed by atoms with Gasteiger partial charge in [0.1, 0.15) is 5.25 Å². The highest BCUT2D eigenvalue weighted by Gasteiger charge is 2.28. The zero-order valence-corrected chi connectivity index (χ0v) is 12.2. The second kappa shape index (κ2) is 6.77. The standard InChI is InChI=1S/C13H15NO3S2/c1-17-13(16)11-9-14(6-8-19-11)12(15)5-4-10-3-2-7-18-10/h2-5,7,11H,6,8-9H2,1H3/b5-4+/t11-/m0/s1. The SMILES string of the molecule is COC(=O)[C@@H]1CN(C(=O)/C=C/c2cccs2)CCS1. The maximum absolute atomic E-state index is 12.0. The van der Waals surface area contributed by atoms with E-state index in [1.165, 1.54) is 7.11 Å². The summed E-state index contributed by atoms with van der Waals surface area (Å²) in [7, 11) is 1.38. The average Bonchev–Trinajstić information content (AvgIpc) is 2.97. The molecule has 2 heterocycles. The van der Waals surface area contributed by atoms with Crippen molar-refractivity contribution in [1.29, 1.82) is 0 Å². The van der Waals surface area contributed by atoms with Gasteiger partial charge in [-0.05, 0) is 17.5 Å². The Morgan fingerprint density at radius 3 is 3.05 bits per heavy atom. The van der Waals surface area contributed by atoms with Gasteiger partial charge in [-0.1, -0.05) is 6.07 Å². The predicted octanol–water partition coefficient (Wildman–Crippen LogP) is 1.88. The molecule has 0 spiro atoms. The summed E-state index contributed by atoms with van der Waals surface area (Å²) in [6, 6.07) is 3.90. The maximum atomic E-state index is 12.0. The minimum absolute atomic E-state index is 0.0531. The van der Waals surface area contributed by atoms with Gasteiger partial charge in [-0.15, -0.1) is 23.1 Å². The molecule has 2 rings (SSSR count). The van der Waals surface area contributed by atoms with Crippen LogP contribution in [0, 0.1) is 0 Å². The monoisotopic (exact) mass is 297 g/mol. The molecule has 0 aromatic carbocycles. The Balaban J connectivity index is 1.93. The van der Waals surface area contributed by atoms with Crippen molar-refractivity contribution in [2.45, 2.75) is 5.25 Å². The molecule has 1 saturated heterocycles. The average molecular weight is 297 g/mol. The third-order valence-electron chi connectivity index (χ3n) is 2.78. The quantitative estimate of drug-likeness (QED) is 0.631. The fourth-order valence-corrected chi connectivity index (χ4v) is 3.51. The summed E-state index contributed by atoms with van der Waals surface area (Å²) in [6.07, 6.45) is 3.37. The van der Waals surface area contributed by atoms with Crippen molar-refractivity contribution in [1.82, 2.24) is 4.90 Å². The molecule has 4 nitrogen and oxygen atoms in total. The smallest absolute Gasteiger partial charge is 0.320 e. The van der Waals surface area contributed by atoms with Gasteiger partial charge < -0.3 is 9.64 Å². The first-order chi connectivity index (χ1) is 9.20. The van der Waals surface area contributed by atoms with Crippen LogP contribution in [0.3, 0.4) is 0 Å². The summed E-state index contributed by atoms with van der Waals surface area (Å²) >= 11 is 3.13.